The van der Waals surface area contributed by atoms with Crippen LogP contribution in [-0.4, -0.2) is 31.9 Å². The standard InChI is InChI=1S/C12H10N2O4/c15-11(16)9-4-8(5-10(6-9)12(17)18)7-14-3-1-2-13-14/h1-6H,7H2,(H,15,16)(H,17,18). The van der Waals surface area contributed by atoms with Gasteiger partial charge in [-0.25, -0.2) is 9.59 Å². The van der Waals surface area contributed by atoms with Crippen LogP contribution >= 0.6 is 0 Å². The first-order valence-electron chi connectivity index (χ1n) is 5.14. The highest BCUT2D eigenvalue weighted by atomic mass is 16.4. The van der Waals surface area contributed by atoms with Crippen molar-refractivity contribution < 1.29 is 19.8 Å². The van der Waals surface area contributed by atoms with E-state index in [9.17, 15) is 9.59 Å². The molecule has 0 aliphatic carbocycles. The second-order valence-corrected chi connectivity index (χ2v) is 3.73. The highest BCUT2D eigenvalue weighted by Gasteiger charge is 2.11. The van der Waals surface area contributed by atoms with Gasteiger partial charge in [-0.1, -0.05) is 0 Å². The van der Waals surface area contributed by atoms with E-state index in [-0.39, 0.29) is 11.1 Å². The average Bonchev–Trinajstić information content (AvgIpc) is 2.81. The molecule has 0 bridgehead atoms. The van der Waals surface area contributed by atoms with E-state index in [4.69, 9.17) is 10.2 Å². The summed E-state index contributed by atoms with van der Waals surface area (Å²) in [5.41, 5.74) is 0.491. The first-order chi connectivity index (χ1) is 8.56. The van der Waals surface area contributed by atoms with E-state index in [0.29, 0.717) is 12.1 Å². The van der Waals surface area contributed by atoms with E-state index in [1.807, 2.05) is 0 Å². The number of carboxylic acids is 2. The predicted molar refractivity (Wildman–Crippen MR) is 61.7 cm³/mol. The lowest BCUT2D eigenvalue weighted by Gasteiger charge is -2.05. The van der Waals surface area contributed by atoms with Crippen molar-refractivity contribution in [2.24, 2.45) is 0 Å². The number of aromatic nitrogens is 2. The zero-order chi connectivity index (χ0) is 13.1. The van der Waals surface area contributed by atoms with E-state index in [0.717, 1.165) is 6.07 Å². The van der Waals surface area contributed by atoms with E-state index in [1.54, 1.807) is 23.1 Å². The van der Waals surface area contributed by atoms with Gasteiger partial charge in [-0.2, -0.15) is 5.10 Å². The van der Waals surface area contributed by atoms with E-state index < -0.39 is 11.9 Å². The normalized spacial score (nSPS) is 10.2. The van der Waals surface area contributed by atoms with Crippen LogP contribution in [0.2, 0.25) is 0 Å². The Labute approximate surface area is 102 Å². The van der Waals surface area contributed by atoms with Gasteiger partial charge in [0.05, 0.1) is 17.7 Å². The molecule has 1 aromatic carbocycles. The van der Waals surface area contributed by atoms with Gasteiger partial charge in [0.15, 0.2) is 0 Å². The van der Waals surface area contributed by atoms with Crippen molar-refractivity contribution in [3.63, 3.8) is 0 Å². The molecule has 0 unspecified atom stereocenters. The van der Waals surface area contributed by atoms with Gasteiger partial charge in [-0.3, -0.25) is 4.68 Å². The van der Waals surface area contributed by atoms with Gasteiger partial charge >= 0.3 is 11.9 Å². The summed E-state index contributed by atoms with van der Waals surface area (Å²) in [5.74, 6) is -2.31. The number of rotatable bonds is 4. The van der Waals surface area contributed by atoms with Crippen LogP contribution in [0, 0.1) is 0 Å². The predicted octanol–water partition coefficient (Wildman–Crippen LogP) is 1.33. The Hall–Kier alpha value is -2.63. The number of hydrogen-bond donors (Lipinski definition) is 2. The SMILES string of the molecule is O=C(O)c1cc(Cn2cccn2)cc(C(=O)O)c1. The molecule has 1 aromatic heterocycles. The molecule has 0 aliphatic rings. The summed E-state index contributed by atoms with van der Waals surface area (Å²) in [5, 5.41) is 21.8. The molecular formula is C12H10N2O4. The largest absolute Gasteiger partial charge is 0.478 e. The second kappa shape index (κ2) is 4.70. The molecule has 0 saturated carbocycles. The fraction of sp³-hybridized carbons (Fsp3) is 0.0833. The van der Waals surface area contributed by atoms with Crippen molar-refractivity contribution in [2.45, 2.75) is 6.54 Å². The Morgan fingerprint density at radius 2 is 1.72 bits per heavy atom. The Morgan fingerprint density at radius 3 is 2.17 bits per heavy atom. The number of hydrogen-bond acceptors (Lipinski definition) is 3. The van der Waals surface area contributed by atoms with Crippen LogP contribution in [0.25, 0.3) is 0 Å². The molecule has 0 fully saturated rings. The van der Waals surface area contributed by atoms with Crippen LogP contribution in [0.15, 0.2) is 36.7 Å². The lowest BCUT2D eigenvalue weighted by atomic mass is 10.1. The zero-order valence-corrected chi connectivity index (χ0v) is 9.28. The van der Waals surface area contributed by atoms with Crippen LogP contribution in [0.5, 0.6) is 0 Å². The van der Waals surface area contributed by atoms with Crippen LogP contribution in [-0.2, 0) is 6.54 Å². The van der Waals surface area contributed by atoms with Crippen molar-refractivity contribution in [1.29, 1.82) is 0 Å². The fourth-order valence-corrected chi connectivity index (χ4v) is 1.61. The van der Waals surface area contributed by atoms with Gasteiger partial charge in [-0.05, 0) is 29.8 Å². The molecule has 2 aromatic rings. The fourth-order valence-electron chi connectivity index (χ4n) is 1.61. The quantitative estimate of drug-likeness (QED) is 0.848. The third kappa shape index (κ3) is 2.54. The molecule has 0 saturated heterocycles. The minimum Gasteiger partial charge on any atom is -0.478 e. The molecule has 0 aliphatic heterocycles. The number of benzene rings is 1. The lowest BCUT2D eigenvalue weighted by molar-refractivity contribution is 0.0696. The van der Waals surface area contributed by atoms with Crippen molar-refractivity contribution in [1.82, 2.24) is 9.78 Å². The average molecular weight is 246 g/mol. The Balaban J connectivity index is 2.40. The van der Waals surface area contributed by atoms with Crippen molar-refractivity contribution in [2.75, 3.05) is 0 Å². The smallest absolute Gasteiger partial charge is 0.335 e. The molecular weight excluding hydrogens is 236 g/mol. The van der Waals surface area contributed by atoms with Gasteiger partial charge in [0.2, 0.25) is 0 Å². The summed E-state index contributed by atoms with van der Waals surface area (Å²) < 4.78 is 1.59. The maximum atomic E-state index is 10.9. The maximum Gasteiger partial charge on any atom is 0.335 e. The number of aromatic carboxylic acids is 2. The number of carbonyl (C=O) groups is 2. The van der Waals surface area contributed by atoms with E-state index in [1.165, 1.54) is 12.1 Å². The number of nitrogens with zero attached hydrogens (tertiary/aromatic N) is 2. The topological polar surface area (TPSA) is 92.4 Å². The summed E-state index contributed by atoms with van der Waals surface area (Å²) in [6.45, 7) is 0.328. The monoisotopic (exact) mass is 246 g/mol. The Morgan fingerprint density at radius 1 is 1.11 bits per heavy atom. The summed E-state index contributed by atoms with van der Waals surface area (Å²) >= 11 is 0. The van der Waals surface area contributed by atoms with E-state index >= 15 is 0 Å². The van der Waals surface area contributed by atoms with Gasteiger partial charge in [0.25, 0.3) is 0 Å². The molecule has 1 heterocycles. The summed E-state index contributed by atoms with van der Waals surface area (Å²) in [4.78, 5) is 21.8. The first-order valence-corrected chi connectivity index (χ1v) is 5.14. The maximum absolute atomic E-state index is 10.9. The van der Waals surface area contributed by atoms with Gasteiger partial charge in [0, 0.05) is 12.4 Å². The summed E-state index contributed by atoms with van der Waals surface area (Å²) in [7, 11) is 0. The molecule has 18 heavy (non-hydrogen) atoms. The molecule has 92 valence electrons. The van der Waals surface area contributed by atoms with Crippen LogP contribution in [0.3, 0.4) is 0 Å². The lowest BCUT2D eigenvalue weighted by Crippen LogP contribution is -2.07. The summed E-state index contributed by atoms with van der Waals surface area (Å²) in [6.07, 6.45) is 3.31. The summed E-state index contributed by atoms with van der Waals surface area (Å²) in [6, 6.07) is 5.75. The minimum atomic E-state index is -1.15. The Kier molecular flexibility index (Phi) is 3.09. The molecule has 2 rings (SSSR count). The van der Waals surface area contributed by atoms with Crippen molar-refractivity contribution >= 4 is 11.9 Å². The first kappa shape index (κ1) is 11.8. The van der Waals surface area contributed by atoms with Crippen molar-refractivity contribution in [3.05, 3.63) is 53.3 Å². The van der Waals surface area contributed by atoms with Crippen LogP contribution in [0.4, 0.5) is 0 Å². The molecule has 2 N–H and O–H groups in total. The third-order valence-corrected chi connectivity index (χ3v) is 2.39. The molecule has 0 amide bonds. The van der Waals surface area contributed by atoms with E-state index in [2.05, 4.69) is 5.10 Å². The zero-order valence-electron chi connectivity index (χ0n) is 9.28. The van der Waals surface area contributed by atoms with Gasteiger partial charge in [-0.15, -0.1) is 0 Å². The van der Waals surface area contributed by atoms with Crippen molar-refractivity contribution in [3.8, 4) is 0 Å². The van der Waals surface area contributed by atoms with Gasteiger partial charge < -0.3 is 10.2 Å². The van der Waals surface area contributed by atoms with Gasteiger partial charge in [0.1, 0.15) is 0 Å². The second-order valence-electron chi connectivity index (χ2n) is 3.73. The third-order valence-electron chi connectivity index (χ3n) is 2.39. The highest BCUT2D eigenvalue weighted by Crippen LogP contribution is 2.12. The minimum absolute atomic E-state index is 0.0444. The Bertz CT molecular complexity index is 558. The molecule has 0 atom stereocenters. The van der Waals surface area contributed by atoms with Crippen LogP contribution in [0.1, 0.15) is 26.3 Å². The highest BCUT2D eigenvalue weighted by molar-refractivity contribution is 5.94. The van der Waals surface area contributed by atoms with Crippen LogP contribution < -0.4 is 0 Å². The molecule has 0 spiro atoms. The molecule has 0 radical (unpaired) electrons. The number of carboxylic acid groups (broad SMARTS) is 2. The molecule has 6 heteroatoms. The molecule has 6 nitrogen and oxygen atoms in total.